The van der Waals surface area contributed by atoms with E-state index in [1.165, 1.54) is 0 Å². The van der Waals surface area contributed by atoms with Gasteiger partial charge in [0.2, 0.25) is 5.95 Å². The molecule has 6 nitrogen and oxygen atoms in total. The highest BCUT2D eigenvalue weighted by atomic mass is 32.1. The van der Waals surface area contributed by atoms with Gasteiger partial charge in [-0.15, -0.1) is 0 Å². The van der Waals surface area contributed by atoms with E-state index >= 15 is 0 Å². The van der Waals surface area contributed by atoms with E-state index in [9.17, 15) is 4.79 Å². The van der Waals surface area contributed by atoms with Crippen LogP contribution in [0, 0.1) is 6.92 Å². The summed E-state index contributed by atoms with van der Waals surface area (Å²) in [5.74, 6) is 1.72. The van der Waals surface area contributed by atoms with Gasteiger partial charge in [0, 0.05) is 49.9 Å². The number of rotatable bonds is 4. The van der Waals surface area contributed by atoms with E-state index in [2.05, 4.69) is 20.2 Å². The first-order valence-corrected chi connectivity index (χ1v) is 8.77. The number of hydrogen-bond donors (Lipinski definition) is 1. The summed E-state index contributed by atoms with van der Waals surface area (Å²) in [6.45, 7) is 7.81. The summed E-state index contributed by atoms with van der Waals surface area (Å²) < 4.78 is 0. The Morgan fingerprint density at radius 1 is 1.30 bits per heavy atom. The van der Waals surface area contributed by atoms with Crippen molar-refractivity contribution in [2.24, 2.45) is 0 Å². The average Bonchev–Trinajstić information content (AvgIpc) is 3.08. The Labute approximate surface area is 140 Å². The minimum absolute atomic E-state index is 0.123. The predicted octanol–water partition coefficient (Wildman–Crippen LogP) is 2.24. The Hall–Kier alpha value is -2.15. The molecule has 0 aliphatic carbocycles. The van der Waals surface area contributed by atoms with Crippen molar-refractivity contribution >= 4 is 29.0 Å². The van der Waals surface area contributed by atoms with Crippen molar-refractivity contribution in [2.45, 2.75) is 13.8 Å². The van der Waals surface area contributed by atoms with E-state index < -0.39 is 0 Å². The number of amides is 1. The molecule has 122 valence electrons. The molecule has 1 fully saturated rings. The maximum Gasteiger partial charge on any atom is 0.254 e. The number of anilines is 2. The lowest BCUT2D eigenvalue weighted by Gasteiger charge is -2.35. The summed E-state index contributed by atoms with van der Waals surface area (Å²) in [7, 11) is 0. The molecule has 2 aromatic rings. The van der Waals surface area contributed by atoms with Gasteiger partial charge in [-0.2, -0.15) is 16.3 Å². The van der Waals surface area contributed by atoms with Gasteiger partial charge in [-0.3, -0.25) is 4.79 Å². The second kappa shape index (κ2) is 6.95. The lowest BCUT2D eigenvalue weighted by Crippen LogP contribution is -2.49. The summed E-state index contributed by atoms with van der Waals surface area (Å²) in [5, 5.41) is 7.01. The zero-order valence-electron chi connectivity index (χ0n) is 13.5. The van der Waals surface area contributed by atoms with Crippen LogP contribution >= 0.6 is 11.3 Å². The fourth-order valence-corrected chi connectivity index (χ4v) is 3.29. The third-order valence-corrected chi connectivity index (χ3v) is 4.52. The maximum absolute atomic E-state index is 12.4. The molecule has 3 rings (SSSR count). The lowest BCUT2D eigenvalue weighted by molar-refractivity contribution is 0.0747. The van der Waals surface area contributed by atoms with Gasteiger partial charge in [0.15, 0.2) is 0 Å². The first kappa shape index (κ1) is 15.7. The largest absolute Gasteiger partial charge is 0.354 e. The Morgan fingerprint density at radius 3 is 2.74 bits per heavy atom. The van der Waals surface area contributed by atoms with Crippen molar-refractivity contribution in [1.82, 2.24) is 14.9 Å². The molecule has 0 unspecified atom stereocenters. The molecule has 3 heterocycles. The Bertz CT molecular complexity index is 665. The second-order valence-electron chi connectivity index (χ2n) is 5.51. The van der Waals surface area contributed by atoms with Gasteiger partial charge in [-0.1, -0.05) is 0 Å². The molecule has 0 saturated carbocycles. The number of piperazine rings is 1. The third kappa shape index (κ3) is 3.61. The maximum atomic E-state index is 12.4. The summed E-state index contributed by atoms with van der Waals surface area (Å²) >= 11 is 1.56. The Morgan fingerprint density at radius 2 is 2.09 bits per heavy atom. The van der Waals surface area contributed by atoms with Crippen LogP contribution in [0.25, 0.3) is 0 Å². The minimum Gasteiger partial charge on any atom is -0.354 e. The smallest absolute Gasteiger partial charge is 0.254 e. The number of nitrogens with zero attached hydrogens (tertiary/aromatic N) is 4. The van der Waals surface area contributed by atoms with Crippen molar-refractivity contribution in [3.63, 3.8) is 0 Å². The van der Waals surface area contributed by atoms with Crippen molar-refractivity contribution in [3.8, 4) is 0 Å². The molecule has 1 saturated heterocycles. The third-order valence-electron chi connectivity index (χ3n) is 3.83. The van der Waals surface area contributed by atoms with E-state index in [1.54, 1.807) is 11.3 Å². The normalized spacial score (nSPS) is 14.9. The van der Waals surface area contributed by atoms with Crippen LogP contribution in [0.2, 0.25) is 0 Å². The highest BCUT2D eigenvalue weighted by Gasteiger charge is 2.23. The van der Waals surface area contributed by atoms with Crippen LogP contribution in [0.1, 0.15) is 23.0 Å². The van der Waals surface area contributed by atoms with Crippen LogP contribution in [0.3, 0.4) is 0 Å². The van der Waals surface area contributed by atoms with Crippen LogP contribution in [0.4, 0.5) is 11.8 Å². The van der Waals surface area contributed by atoms with Crippen molar-refractivity contribution in [1.29, 1.82) is 0 Å². The molecule has 2 aromatic heterocycles. The second-order valence-corrected chi connectivity index (χ2v) is 6.29. The minimum atomic E-state index is 0.123. The molecule has 23 heavy (non-hydrogen) atoms. The van der Waals surface area contributed by atoms with E-state index in [-0.39, 0.29) is 5.91 Å². The van der Waals surface area contributed by atoms with Crippen molar-refractivity contribution < 1.29 is 4.79 Å². The summed E-state index contributed by atoms with van der Waals surface area (Å²) in [4.78, 5) is 25.5. The van der Waals surface area contributed by atoms with Crippen LogP contribution in [0.15, 0.2) is 22.9 Å². The standard InChI is InChI=1S/C16H21N5OS/c1-3-17-16-18-12(2)10-14(19-16)20-5-7-21(8-6-20)15(22)13-4-9-23-11-13/h4,9-11H,3,5-8H2,1-2H3,(H,17,18,19). The van der Waals surface area contributed by atoms with Gasteiger partial charge in [0.05, 0.1) is 5.56 Å². The molecule has 1 N–H and O–H groups in total. The van der Waals surface area contributed by atoms with E-state index in [0.29, 0.717) is 19.0 Å². The van der Waals surface area contributed by atoms with Gasteiger partial charge in [-0.05, 0) is 25.3 Å². The number of nitrogens with one attached hydrogen (secondary N) is 1. The first-order chi connectivity index (χ1) is 11.2. The molecule has 0 bridgehead atoms. The highest BCUT2D eigenvalue weighted by molar-refractivity contribution is 7.08. The number of carbonyl (C=O) groups excluding carboxylic acids is 1. The first-order valence-electron chi connectivity index (χ1n) is 7.83. The van der Waals surface area contributed by atoms with Gasteiger partial charge in [-0.25, -0.2) is 4.98 Å². The van der Waals surface area contributed by atoms with Crippen molar-refractivity contribution in [3.05, 3.63) is 34.2 Å². The molecule has 0 aromatic carbocycles. The van der Waals surface area contributed by atoms with Crippen LogP contribution in [-0.4, -0.2) is 53.5 Å². The number of aromatic nitrogens is 2. The molecule has 1 aliphatic heterocycles. The topological polar surface area (TPSA) is 61.4 Å². The number of hydrogen-bond acceptors (Lipinski definition) is 6. The molecular formula is C16H21N5OS. The molecule has 0 radical (unpaired) electrons. The van der Waals surface area contributed by atoms with E-state index in [4.69, 9.17) is 0 Å². The molecular weight excluding hydrogens is 310 g/mol. The molecule has 1 amide bonds. The van der Waals surface area contributed by atoms with Crippen LogP contribution in [0.5, 0.6) is 0 Å². The monoisotopic (exact) mass is 331 g/mol. The lowest BCUT2D eigenvalue weighted by atomic mass is 10.2. The Balaban J connectivity index is 1.66. The Kier molecular flexibility index (Phi) is 4.76. The average molecular weight is 331 g/mol. The number of aryl methyl sites for hydroxylation is 1. The zero-order valence-corrected chi connectivity index (χ0v) is 14.3. The fourth-order valence-electron chi connectivity index (χ4n) is 2.66. The number of carbonyl (C=O) groups is 1. The van der Waals surface area contributed by atoms with Crippen LogP contribution in [-0.2, 0) is 0 Å². The van der Waals surface area contributed by atoms with Gasteiger partial charge < -0.3 is 15.1 Å². The molecule has 7 heteroatoms. The van der Waals surface area contributed by atoms with Gasteiger partial charge in [0.1, 0.15) is 5.82 Å². The zero-order chi connectivity index (χ0) is 16.2. The summed E-state index contributed by atoms with van der Waals surface area (Å²) in [6, 6.07) is 3.88. The van der Waals surface area contributed by atoms with Gasteiger partial charge in [0.25, 0.3) is 5.91 Å². The number of thiophene rings is 1. The molecule has 1 aliphatic rings. The fraction of sp³-hybridized carbons (Fsp3) is 0.438. The predicted molar refractivity (Wildman–Crippen MR) is 93.4 cm³/mol. The van der Waals surface area contributed by atoms with E-state index in [0.717, 1.165) is 36.7 Å². The van der Waals surface area contributed by atoms with E-state index in [1.807, 2.05) is 41.6 Å². The summed E-state index contributed by atoms with van der Waals surface area (Å²) in [5.41, 5.74) is 1.73. The SMILES string of the molecule is CCNc1nc(C)cc(N2CCN(C(=O)c3ccsc3)CC2)n1. The van der Waals surface area contributed by atoms with Crippen molar-refractivity contribution in [2.75, 3.05) is 42.9 Å². The molecule has 0 spiro atoms. The van der Waals surface area contributed by atoms with Crippen LogP contribution < -0.4 is 10.2 Å². The van der Waals surface area contributed by atoms with Gasteiger partial charge >= 0.3 is 0 Å². The highest BCUT2D eigenvalue weighted by Crippen LogP contribution is 2.18. The quantitative estimate of drug-likeness (QED) is 0.931. The summed E-state index contributed by atoms with van der Waals surface area (Å²) in [6.07, 6.45) is 0. The molecule has 0 atom stereocenters.